The summed E-state index contributed by atoms with van der Waals surface area (Å²) in [5, 5.41) is 5.89. The molecule has 1 atom stereocenters. The van der Waals surface area contributed by atoms with E-state index in [4.69, 9.17) is 0 Å². The van der Waals surface area contributed by atoms with E-state index in [2.05, 4.69) is 15.5 Å². The molecule has 0 aliphatic carbocycles. The van der Waals surface area contributed by atoms with Gasteiger partial charge in [0.25, 0.3) is 5.91 Å². The Morgan fingerprint density at radius 1 is 0.778 bits per heavy atom. The standard InChI is InChI=1S/C34H44N6O4.CH4/c41-31(38-19-15-28(16-20-38)40-24-26-11-5-6-12-29(26)36-34(40)44)23-30(35-32(42)25-9-3-1-4-10-25)33(43)39-21-13-27(14-22-39)37-17-7-2-8-18-37;/h1,3-6,9-12,27-28,30H,2,7-8,13-24H2,(H,35,42)(H,36,44);1H4/t30-;/m0./s1. The van der Waals surface area contributed by atoms with Crippen LogP contribution in [0.5, 0.6) is 0 Å². The first-order chi connectivity index (χ1) is 21.5. The van der Waals surface area contributed by atoms with E-state index in [9.17, 15) is 19.2 Å². The molecule has 0 aromatic heterocycles. The number of carbonyl (C=O) groups is 4. The summed E-state index contributed by atoms with van der Waals surface area (Å²) < 4.78 is 0. The topological polar surface area (TPSA) is 105 Å². The van der Waals surface area contributed by atoms with E-state index >= 15 is 0 Å². The third kappa shape index (κ3) is 7.66. The molecule has 0 spiro atoms. The Morgan fingerprint density at radius 2 is 1.40 bits per heavy atom. The first-order valence-corrected chi connectivity index (χ1v) is 16.3. The second-order valence-corrected chi connectivity index (χ2v) is 12.6. The third-order valence-electron chi connectivity index (χ3n) is 9.82. The minimum absolute atomic E-state index is 0. The maximum absolute atomic E-state index is 13.8. The van der Waals surface area contributed by atoms with Crippen molar-refractivity contribution >= 4 is 29.4 Å². The zero-order valence-electron chi connectivity index (χ0n) is 25.5. The summed E-state index contributed by atoms with van der Waals surface area (Å²) in [6.07, 6.45) is 6.87. The molecule has 3 saturated heterocycles. The van der Waals surface area contributed by atoms with Crippen molar-refractivity contribution in [2.75, 3.05) is 44.6 Å². The van der Waals surface area contributed by atoms with Gasteiger partial charge in [0.05, 0.1) is 6.42 Å². The number of fused-ring (bicyclic) bond motifs is 1. The lowest BCUT2D eigenvalue weighted by Crippen LogP contribution is -2.55. The molecule has 0 unspecified atom stereocenters. The van der Waals surface area contributed by atoms with E-state index in [1.54, 1.807) is 29.2 Å². The minimum Gasteiger partial charge on any atom is -0.342 e. The van der Waals surface area contributed by atoms with Crippen molar-refractivity contribution in [2.45, 2.75) is 83.5 Å². The van der Waals surface area contributed by atoms with E-state index in [-0.39, 0.29) is 43.6 Å². The molecule has 4 heterocycles. The summed E-state index contributed by atoms with van der Waals surface area (Å²) in [5.41, 5.74) is 2.40. The maximum Gasteiger partial charge on any atom is 0.322 e. The number of piperidine rings is 3. The number of para-hydroxylation sites is 1. The van der Waals surface area contributed by atoms with Crippen LogP contribution in [0.25, 0.3) is 0 Å². The first-order valence-electron chi connectivity index (χ1n) is 16.3. The van der Waals surface area contributed by atoms with Crippen LogP contribution in [0.15, 0.2) is 54.6 Å². The summed E-state index contributed by atoms with van der Waals surface area (Å²) in [7, 11) is 0. The molecular weight excluding hydrogens is 568 g/mol. The molecule has 4 aliphatic heterocycles. The van der Waals surface area contributed by atoms with Crippen LogP contribution < -0.4 is 10.6 Å². The zero-order chi connectivity index (χ0) is 30.5. The minimum atomic E-state index is -0.927. The van der Waals surface area contributed by atoms with Crippen LogP contribution in [0.1, 0.15) is 74.7 Å². The van der Waals surface area contributed by atoms with E-state index < -0.39 is 6.04 Å². The molecule has 6 rings (SSSR count). The molecule has 2 aromatic carbocycles. The maximum atomic E-state index is 13.8. The number of amides is 5. The van der Waals surface area contributed by atoms with Crippen molar-refractivity contribution in [1.29, 1.82) is 0 Å². The number of hydrogen-bond donors (Lipinski definition) is 2. The smallest absolute Gasteiger partial charge is 0.322 e. The van der Waals surface area contributed by atoms with Gasteiger partial charge in [-0.25, -0.2) is 4.79 Å². The van der Waals surface area contributed by atoms with Gasteiger partial charge < -0.3 is 30.2 Å². The summed E-state index contributed by atoms with van der Waals surface area (Å²) in [5.74, 6) is -0.680. The van der Waals surface area contributed by atoms with E-state index in [0.717, 1.165) is 37.2 Å². The molecule has 0 bridgehead atoms. The van der Waals surface area contributed by atoms with Gasteiger partial charge in [0.2, 0.25) is 11.8 Å². The predicted octanol–water partition coefficient (Wildman–Crippen LogP) is 4.33. The van der Waals surface area contributed by atoms with Crippen molar-refractivity contribution in [3.05, 3.63) is 65.7 Å². The molecule has 0 saturated carbocycles. The van der Waals surface area contributed by atoms with Crippen molar-refractivity contribution < 1.29 is 19.2 Å². The Kier molecular flexibility index (Phi) is 10.8. The van der Waals surface area contributed by atoms with Gasteiger partial charge in [0, 0.05) is 56.1 Å². The number of nitrogens with one attached hydrogen (secondary N) is 2. The number of hydrogen-bond acceptors (Lipinski definition) is 5. The highest BCUT2D eigenvalue weighted by atomic mass is 16.2. The largest absolute Gasteiger partial charge is 0.342 e. The quantitative estimate of drug-likeness (QED) is 0.482. The van der Waals surface area contributed by atoms with Crippen molar-refractivity contribution in [3.63, 3.8) is 0 Å². The zero-order valence-corrected chi connectivity index (χ0v) is 25.5. The van der Waals surface area contributed by atoms with Crippen LogP contribution in [0.3, 0.4) is 0 Å². The number of likely N-dealkylation sites (tertiary alicyclic amines) is 3. The Balaban J connectivity index is 0.00000400. The normalized spacial score (nSPS) is 20.4. The van der Waals surface area contributed by atoms with E-state index in [0.29, 0.717) is 57.2 Å². The van der Waals surface area contributed by atoms with E-state index in [1.165, 1.54) is 19.3 Å². The highest BCUT2D eigenvalue weighted by molar-refractivity contribution is 5.99. The highest BCUT2D eigenvalue weighted by Gasteiger charge is 2.36. The molecular formula is C35H48N6O4. The number of rotatable bonds is 7. The van der Waals surface area contributed by atoms with Gasteiger partial charge in [-0.1, -0.05) is 50.2 Å². The van der Waals surface area contributed by atoms with Crippen LogP contribution in [0.4, 0.5) is 10.5 Å². The van der Waals surface area contributed by atoms with Crippen molar-refractivity contribution in [1.82, 2.24) is 24.9 Å². The number of nitrogens with zero attached hydrogens (tertiary/aromatic N) is 4. The Hall–Kier alpha value is -3.92. The van der Waals surface area contributed by atoms with Gasteiger partial charge in [0.15, 0.2) is 0 Å². The van der Waals surface area contributed by atoms with Crippen LogP contribution in [0, 0.1) is 0 Å². The Bertz CT molecular complexity index is 1330. The highest BCUT2D eigenvalue weighted by Crippen LogP contribution is 2.28. The Morgan fingerprint density at radius 3 is 2.11 bits per heavy atom. The molecule has 3 fully saturated rings. The van der Waals surface area contributed by atoms with Gasteiger partial charge >= 0.3 is 6.03 Å². The fraction of sp³-hybridized carbons (Fsp3) is 0.543. The first kappa shape index (κ1) is 32.5. The van der Waals surface area contributed by atoms with E-state index in [1.807, 2.05) is 40.1 Å². The molecule has 0 radical (unpaired) electrons. The predicted molar refractivity (Wildman–Crippen MR) is 175 cm³/mol. The molecule has 5 amide bonds. The molecule has 242 valence electrons. The fourth-order valence-electron chi connectivity index (χ4n) is 7.23. The number of anilines is 1. The number of urea groups is 1. The second kappa shape index (κ2) is 14.9. The molecule has 2 N–H and O–H groups in total. The van der Waals surface area contributed by atoms with Gasteiger partial charge in [-0.05, 0) is 75.4 Å². The lowest BCUT2D eigenvalue weighted by molar-refractivity contribution is -0.140. The van der Waals surface area contributed by atoms with Crippen LogP contribution >= 0.6 is 0 Å². The van der Waals surface area contributed by atoms with Gasteiger partial charge in [0.1, 0.15) is 6.04 Å². The average Bonchev–Trinajstić information content (AvgIpc) is 3.08. The molecule has 10 nitrogen and oxygen atoms in total. The number of carbonyl (C=O) groups excluding carboxylic acids is 4. The van der Waals surface area contributed by atoms with Crippen LogP contribution in [-0.2, 0) is 16.1 Å². The van der Waals surface area contributed by atoms with Gasteiger partial charge in [-0.15, -0.1) is 0 Å². The van der Waals surface area contributed by atoms with Gasteiger partial charge in [-0.2, -0.15) is 0 Å². The summed E-state index contributed by atoms with van der Waals surface area (Å²) in [6, 6.07) is 16.2. The van der Waals surface area contributed by atoms with Crippen LogP contribution in [0.2, 0.25) is 0 Å². The summed E-state index contributed by atoms with van der Waals surface area (Å²) in [4.78, 5) is 61.4. The Labute approximate surface area is 267 Å². The van der Waals surface area contributed by atoms with Crippen molar-refractivity contribution in [2.24, 2.45) is 0 Å². The SMILES string of the molecule is C.O=C(N[C@@H](CC(=O)N1CCC(N2Cc3ccccc3NC2=O)CC1)C(=O)N1CCC(N2CCCCC2)CC1)c1ccccc1. The molecule has 4 aliphatic rings. The monoisotopic (exact) mass is 616 g/mol. The lowest BCUT2D eigenvalue weighted by atomic mass is 9.98. The summed E-state index contributed by atoms with van der Waals surface area (Å²) in [6.45, 7) is 5.10. The second-order valence-electron chi connectivity index (χ2n) is 12.6. The van der Waals surface area contributed by atoms with Gasteiger partial charge in [-0.3, -0.25) is 14.4 Å². The fourth-order valence-corrected chi connectivity index (χ4v) is 7.23. The summed E-state index contributed by atoms with van der Waals surface area (Å²) >= 11 is 0. The number of benzene rings is 2. The molecule has 45 heavy (non-hydrogen) atoms. The van der Waals surface area contributed by atoms with Crippen molar-refractivity contribution in [3.8, 4) is 0 Å². The average molecular weight is 617 g/mol. The molecule has 10 heteroatoms. The van der Waals surface area contributed by atoms with Crippen LogP contribution in [-0.4, -0.2) is 101 Å². The lowest BCUT2D eigenvalue weighted by Gasteiger charge is -2.41. The molecule has 2 aromatic rings. The third-order valence-corrected chi connectivity index (χ3v) is 9.82.